The summed E-state index contributed by atoms with van der Waals surface area (Å²) >= 11 is 0. The van der Waals surface area contributed by atoms with Gasteiger partial charge in [0.15, 0.2) is 12.2 Å². The lowest BCUT2D eigenvalue weighted by Gasteiger charge is -2.21. The maximum Gasteiger partial charge on any atom is 0.472 e. The second kappa shape index (κ2) is 67.3. The van der Waals surface area contributed by atoms with Crippen molar-refractivity contribution in [2.75, 3.05) is 39.6 Å². The van der Waals surface area contributed by atoms with E-state index in [0.29, 0.717) is 25.7 Å². The van der Waals surface area contributed by atoms with E-state index >= 15 is 0 Å². The molecule has 2 unspecified atom stereocenters. The van der Waals surface area contributed by atoms with Crippen molar-refractivity contribution >= 4 is 39.5 Å². The summed E-state index contributed by atoms with van der Waals surface area (Å²) in [4.78, 5) is 72.5. The fraction of sp³-hybridized carbons (Fsp3) is 0.946. The molecule has 3 N–H and O–H groups in total. The number of hydrogen-bond acceptors (Lipinski definition) is 15. The molecule has 0 aromatic heterocycles. The zero-order valence-corrected chi connectivity index (χ0v) is 62.2. The van der Waals surface area contributed by atoms with Gasteiger partial charge in [0.25, 0.3) is 0 Å². The number of phosphoric acid groups is 2. The van der Waals surface area contributed by atoms with Crippen LogP contribution >= 0.6 is 15.6 Å². The summed E-state index contributed by atoms with van der Waals surface area (Å²) in [6.45, 7) is 7.25. The average molecular weight is 1370 g/mol. The lowest BCUT2D eigenvalue weighted by atomic mass is 10.0. The first-order chi connectivity index (χ1) is 45.0. The van der Waals surface area contributed by atoms with Crippen LogP contribution in [0.4, 0.5) is 0 Å². The highest BCUT2D eigenvalue weighted by atomic mass is 31.2. The van der Waals surface area contributed by atoms with Gasteiger partial charge in [-0.15, -0.1) is 0 Å². The Morgan fingerprint density at radius 3 is 0.731 bits per heavy atom. The fourth-order valence-electron chi connectivity index (χ4n) is 11.4. The van der Waals surface area contributed by atoms with Crippen LogP contribution in [0.2, 0.25) is 0 Å². The first-order valence-corrected chi connectivity index (χ1v) is 41.6. The Bertz CT molecular complexity index is 1790. The van der Waals surface area contributed by atoms with Crippen LogP contribution in [-0.4, -0.2) is 96.7 Å². The Morgan fingerprint density at radius 2 is 0.495 bits per heavy atom. The maximum atomic E-state index is 13.1. The molecule has 17 nitrogen and oxygen atoms in total. The maximum absolute atomic E-state index is 13.1. The van der Waals surface area contributed by atoms with E-state index < -0.39 is 97.5 Å². The molecule has 552 valence electrons. The van der Waals surface area contributed by atoms with Crippen LogP contribution in [0.5, 0.6) is 0 Å². The molecule has 93 heavy (non-hydrogen) atoms. The molecule has 0 saturated carbocycles. The highest BCUT2D eigenvalue weighted by molar-refractivity contribution is 7.47. The Kier molecular flexibility index (Phi) is 65.9. The van der Waals surface area contributed by atoms with Gasteiger partial charge in [-0.05, 0) is 31.6 Å². The first-order valence-electron chi connectivity index (χ1n) is 38.6. The van der Waals surface area contributed by atoms with Gasteiger partial charge in [0.2, 0.25) is 0 Å². The Hall–Kier alpha value is -1.94. The molecule has 19 heteroatoms. The minimum Gasteiger partial charge on any atom is -0.462 e. The summed E-state index contributed by atoms with van der Waals surface area (Å²) in [7, 11) is -9.90. The van der Waals surface area contributed by atoms with Gasteiger partial charge >= 0.3 is 39.5 Å². The minimum atomic E-state index is -4.95. The standard InChI is InChI=1S/C74H144O17P2/c1-6-9-12-15-18-20-22-23-24-25-26-27-28-33-36-40-45-50-55-60-74(79)91-70(64-85-72(77)58-53-48-43-39-35-32-30-29-31-34-37-42-46-51-56-67(4)5)66-89-93(82,83)87-62-68(75)61-86-92(80,81)88-65-69(63-84-71(76)57-52-47-41-17-14-11-8-3)90-73(78)59-54-49-44-38-21-19-16-13-10-7-2/h67-70,75H,6-66H2,1-5H3,(H,80,81)(H,82,83)/t68-,69+,70+/m0/s1. The van der Waals surface area contributed by atoms with Gasteiger partial charge in [-0.25, -0.2) is 9.13 Å². The lowest BCUT2D eigenvalue weighted by Crippen LogP contribution is -2.30. The van der Waals surface area contributed by atoms with Crippen molar-refractivity contribution in [3.05, 3.63) is 0 Å². The number of carbonyl (C=O) groups excluding carboxylic acids is 4. The highest BCUT2D eigenvalue weighted by Gasteiger charge is 2.30. The van der Waals surface area contributed by atoms with Crippen molar-refractivity contribution in [2.24, 2.45) is 5.92 Å². The Balaban J connectivity index is 5.17. The number of rotatable bonds is 74. The predicted molar refractivity (Wildman–Crippen MR) is 377 cm³/mol. The van der Waals surface area contributed by atoms with Crippen molar-refractivity contribution in [1.82, 2.24) is 0 Å². The van der Waals surface area contributed by atoms with E-state index in [4.69, 9.17) is 37.0 Å². The van der Waals surface area contributed by atoms with Crippen molar-refractivity contribution < 1.29 is 80.2 Å². The van der Waals surface area contributed by atoms with Gasteiger partial charge in [0, 0.05) is 25.7 Å². The quantitative estimate of drug-likeness (QED) is 0.0222. The van der Waals surface area contributed by atoms with Gasteiger partial charge in [-0.2, -0.15) is 0 Å². The number of unbranched alkanes of at least 4 members (excludes halogenated alkanes) is 46. The van der Waals surface area contributed by atoms with Crippen LogP contribution in [0.25, 0.3) is 0 Å². The van der Waals surface area contributed by atoms with E-state index in [2.05, 4.69) is 34.6 Å². The van der Waals surface area contributed by atoms with Crippen LogP contribution in [0.3, 0.4) is 0 Å². The van der Waals surface area contributed by atoms with Crippen LogP contribution in [0.1, 0.15) is 388 Å². The molecular formula is C74H144O17P2. The molecular weight excluding hydrogens is 1220 g/mol. The Morgan fingerprint density at radius 1 is 0.290 bits per heavy atom. The van der Waals surface area contributed by atoms with E-state index in [0.717, 1.165) is 109 Å². The molecule has 0 heterocycles. The number of esters is 4. The summed E-state index contributed by atoms with van der Waals surface area (Å²) in [6, 6.07) is 0. The summed E-state index contributed by atoms with van der Waals surface area (Å²) < 4.78 is 68.3. The van der Waals surface area contributed by atoms with E-state index in [-0.39, 0.29) is 25.7 Å². The van der Waals surface area contributed by atoms with Gasteiger partial charge in [-0.1, -0.05) is 336 Å². The molecule has 0 bridgehead atoms. The monoisotopic (exact) mass is 1370 g/mol. The number of carbonyl (C=O) groups is 4. The van der Waals surface area contributed by atoms with Crippen LogP contribution in [0, 0.1) is 5.92 Å². The number of phosphoric ester groups is 2. The third kappa shape index (κ3) is 68.4. The van der Waals surface area contributed by atoms with Crippen molar-refractivity contribution in [2.45, 2.75) is 406 Å². The molecule has 0 saturated heterocycles. The lowest BCUT2D eigenvalue weighted by molar-refractivity contribution is -0.161. The summed E-state index contributed by atoms with van der Waals surface area (Å²) in [5, 5.41) is 10.6. The van der Waals surface area contributed by atoms with Gasteiger partial charge in [0.1, 0.15) is 19.3 Å². The molecule has 0 rings (SSSR count). The van der Waals surface area contributed by atoms with Crippen molar-refractivity contribution in [1.29, 1.82) is 0 Å². The summed E-state index contributed by atoms with van der Waals surface area (Å²) in [5.74, 6) is -1.32. The van der Waals surface area contributed by atoms with Crippen LogP contribution in [-0.2, 0) is 65.4 Å². The smallest absolute Gasteiger partial charge is 0.462 e. The number of aliphatic hydroxyl groups is 1. The minimum absolute atomic E-state index is 0.106. The van der Waals surface area contributed by atoms with E-state index in [1.807, 2.05) is 0 Å². The van der Waals surface area contributed by atoms with E-state index in [9.17, 15) is 43.2 Å². The molecule has 0 spiro atoms. The number of ether oxygens (including phenoxy) is 4. The van der Waals surface area contributed by atoms with Crippen LogP contribution in [0.15, 0.2) is 0 Å². The SMILES string of the molecule is CCCCCCCCCCCCCCCCCCCCCC(=O)O[C@H](COC(=O)CCCCCCCCCCCCCCCCC(C)C)COP(=O)(O)OC[C@@H](O)COP(=O)(O)OC[C@@H](COC(=O)CCCCCCCCC)OC(=O)CCCCCCCCCCCC. The molecule has 5 atom stereocenters. The van der Waals surface area contributed by atoms with Crippen LogP contribution < -0.4 is 0 Å². The Labute approximate surface area is 568 Å². The largest absolute Gasteiger partial charge is 0.472 e. The summed E-state index contributed by atoms with van der Waals surface area (Å²) in [6.07, 6.45) is 55.7. The third-order valence-electron chi connectivity index (χ3n) is 17.3. The molecule has 0 aliphatic rings. The molecule has 0 radical (unpaired) electrons. The zero-order chi connectivity index (χ0) is 68.4. The molecule has 0 aromatic rings. The third-order valence-corrected chi connectivity index (χ3v) is 19.2. The molecule has 0 aliphatic heterocycles. The number of hydrogen-bond donors (Lipinski definition) is 3. The van der Waals surface area contributed by atoms with E-state index in [1.165, 1.54) is 199 Å². The van der Waals surface area contributed by atoms with Crippen molar-refractivity contribution in [3.8, 4) is 0 Å². The van der Waals surface area contributed by atoms with Crippen molar-refractivity contribution in [3.63, 3.8) is 0 Å². The molecule has 0 aliphatic carbocycles. The van der Waals surface area contributed by atoms with E-state index in [1.54, 1.807) is 0 Å². The normalized spacial score (nSPS) is 14.0. The average Bonchev–Trinajstić information content (AvgIpc) is 2.99. The highest BCUT2D eigenvalue weighted by Crippen LogP contribution is 2.45. The number of aliphatic hydroxyl groups excluding tert-OH is 1. The first kappa shape index (κ1) is 91.1. The topological polar surface area (TPSA) is 237 Å². The molecule has 0 amide bonds. The van der Waals surface area contributed by atoms with Gasteiger partial charge < -0.3 is 33.8 Å². The molecule has 0 fully saturated rings. The predicted octanol–water partition coefficient (Wildman–Crippen LogP) is 21.7. The second-order valence-electron chi connectivity index (χ2n) is 27.2. The zero-order valence-electron chi connectivity index (χ0n) is 60.4. The van der Waals surface area contributed by atoms with Gasteiger partial charge in [0.05, 0.1) is 26.4 Å². The summed E-state index contributed by atoms with van der Waals surface area (Å²) in [5.41, 5.74) is 0. The second-order valence-corrected chi connectivity index (χ2v) is 30.1. The van der Waals surface area contributed by atoms with Gasteiger partial charge in [-0.3, -0.25) is 37.3 Å². The fourth-order valence-corrected chi connectivity index (χ4v) is 12.9. The molecule has 0 aromatic carbocycles.